The molecule has 0 saturated carbocycles. The molecule has 0 spiro atoms. The van der Waals surface area contributed by atoms with Crippen LogP contribution in [0.4, 0.5) is 10.8 Å². The number of likely N-dealkylation sites (tertiary alicyclic amines) is 1. The van der Waals surface area contributed by atoms with E-state index in [1.807, 2.05) is 0 Å². The first-order valence-electron chi connectivity index (χ1n) is 5.75. The van der Waals surface area contributed by atoms with E-state index in [4.69, 9.17) is 5.73 Å². The fourth-order valence-corrected chi connectivity index (χ4v) is 4.27. The van der Waals surface area contributed by atoms with Crippen molar-refractivity contribution in [2.45, 2.75) is 11.3 Å². The Morgan fingerprint density at radius 3 is 2.89 bits per heavy atom. The van der Waals surface area contributed by atoms with Crippen LogP contribution in [0.15, 0.2) is 4.90 Å². The van der Waals surface area contributed by atoms with Crippen LogP contribution in [0.5, 0.6) is 0 Å². The van der Waals surface area contributed by atoms with Crippen LogP contribution in [0.2, 0.25) is 0 Å². The summed E-state index contributed by atoms with van der Waals surface area (Å²) >= 11 is 1.11. The quantitative estimate of drug-likeness (QED) is 0.839. The Bertz CT molecular complexity index is 526. The maximum absolute atomic E-state index is 11.6. The predicted molar refractivity (Wildman–Crippen MR) is 73.7 cm³/mol. The van der Waals surface area contributed by atoms with Crippen LogP contribution < -0.4 is 11.1 Å². The minimum atomic E-state index is -3.33. The molecule has 1 unspecified atom stereocenters. The molecular formula is C10H18N4O2S2. The number of aromatic nitrogens is 1. The van der Waals surface area contributed by atoms with Gasteiger partial charge in [0.1, 0.15) is 9.90 Å². The van der Waals surface area contributed by atoms with Gasteiger partial charge < -0.3 is 16.0 Å². The fourth-order valence-electron chi connectivity index (χ4n) is 2.19. The van der Waals surface area contributed by atoms with E-state index in [0.717, 1.165) is 43.8 Å². The Kier molecular flexibility index (Phi) is 3.79. The monoisotopic (exact) mass is 290 g/mol. The molecule has 2 rings (SSSR count). The number of rotatable bonds is 4. The third kappa shape index (κ3) is 2.93. The summed E-state index contributed by atoms with van der Waals surface area (Å²) in [6.07, 6.45) is 2.29. The minimum Gasteiger partial charge on any atom is -0.382 e. The number of hydrogen-bond acceptors (Lipinski definition) is 7. The molecule has 0 radical (unpaired) electrons. The Morgan fingerprint density at radius 1 is 1.61 bits per heavy atom. The van der Waals surface area contributed by atoms with Crippen molar-refractivity contribution in [3.8, 4) is 0 Å². The van der Waals surface area contributed by atoms with Gasteiger partial charge in [-0.2, -0.15) is 4.37 Å². The van der Waals surface area contributed by atoms with E-state index in [-0.39, 0.29) is 10.7 Å². The molecular weight excluding hydrogens is 272 g/mol. The summed E-state index contributed by atoms with van der Waals surface area (Å²) in [5.74, 6) is 0.638. The third-order valence-electron chi connectivity index (χ3n) is 3.09. The SMILES string of the molecule is CN1CCC(CNc2snc(N)c2S(C)(=O)=O)C1. The normalized spacial score (nSPS) is 21.3. The molecule has 0 bridgehead atoms. The number of hydrogen-bond donors (Lipinski definition) is 2. The first kappa shape index (κ1) is 13.6. The summed E-state index contributed by atoms with van der Waals surface area (Å²) in [7, 11) is -1.24. The molecule has 0 aliphatic carbocycles. The molecule has 1 atom stereocenters. The van der Waals surface area contributed by atoms with Gasteiger partial charge in [0, 0.05) is 19.3 Å². The third-order valence-corrected chi connectivity index (χ3v) is 5.19. The van der Waals surface area contributed by atoms with Crippen molar-refractivity contribution in [3.63, 3.8) is 0 Å². The molecule has 1 aliphatic rings. The number of nitrogens with one attached hydrogen (secondary N) is 1. The Hall–Kier alpha value is -0.860. The lowest BCUT2D eigenvalue weighted by Crippen LogP contribution is -2.19. The highest BCUT2D eigenvalue weighted by Crippen LogP contribution is 2.31. The van der Waals surface area contributed by atoms with Crippen molar-refractivity contribution in [3.05, 3.63) is 0 Å². The summed E-state index contributed by atoms with van der Waals surface area (Å²) in [6, 6.07) is 0. The smallest absolute Gasteiger partial charge is 0.182 e. The highest BCUT2D eigenvalue weighted by Gasteiger charge is 2.23. The van der Waals surface area contributed by atoms with E-state index in [1.54, 1.807) is 0 Å². The van der Waals surface area contributed by atoms with Gasteiger partial charge in [-0.25, -0.2) is 8.42 Å². The lowest BCUT2D eigenvalue weighted by molar-refractivity contribution is 0.399. The molecule has 8 heteroatoms. The summed E-state index contributed by atoms with van der Waals surface area (Å²) < 4.78 is 27.2. The van der Waals surface area contributed by atoms with E-state index in [9.17, 15) is 8.42 Å². The van der Waals surface area contributed by atoms with Crippen LogP contribution in [-0.4, -0.2) is 50.6 Å². The minimum absolute atomic E-state index is 0.0912. The molecule has 0 aromatic carbocycles. The van der Waals surface area contributed by atoms with E-state index in [2.05, 4.69) is 21.6 Å². The van der Waals surface area contributed by atoms with Crippen molar-refractivity contribution in [2.24, 2.45) is 5.92 Å². The van der Waals surface area contributed by atoms with Gasteiger partial charge in [-0.15, -0.1) is 0 Å². The maximum atomic E-state index is 11.6. The zero-order valence-corrected chi connectivity index (χ0v) is 12.1. The maximum Gasteiger partial charge on any atom is 0.182 e. The van der Waals surface area contributed by atoms with Gasteiger partial charge >= 0.3 is 0 Å². The lowest BCUT2D eigenvalue weighted by atomic mass is 10.1. The molecule has 6 nitrogen and oxygen atoms in total. The highest BCUT2D eigenvalue weighted by atomic mass is 32.2. The molecule has 3 N–H and O–H groups in total. The number of nitrogen functional groups attached to an aromatic ring is 1. The van der Waals surface area contributed by atoms with Crippen LogP contribution in [0.3, 0.4) is 0 Å². The van der Waals surface area contributed by atoms with Crippen molar-refractivity contribution in [1.82, 2.24) is 9.27 Å². The second-order valence-electron chi connectivity index (χ2n) is 4.80. The van der Waals surface area contributed by atoms with Gasteiger partial charge in [0.15, 0.2) is 15.7 Å². The van der Waals surface area contributed by atoms with Crippen molar-refractivity contribution < 1.29 is 8.42 Å². The van der Waals surface area contributed by atoms with E-state index in [0.29, 0.717) is 10.9 Å². The van der Waals surface area contributed by atoms with Gasteiger partial charge in [0.25, 0.3) is 0 Å². The number of anilines is 2. The molecule has 18 heavy (non-hydrogen) atoms. The van der Waals surface area contributed by atoms with Crippen LogP contribution in [0, 0.1) is 5.92 Å². The molecule has 102 valence electrons. The van der Waals surface area contributed by atoms with Gasteiger partial charge in [-0.3, -0.25) is 0 Å². The van der Waals surface area contributed by atoms with Crippen LogP contribution in [0.1, 0.15) is 6.42 Å². The average molecular weight is 290 g/mol. The highest BCUT2D eigenvalue weighted by molar-refractivity contribution is 7.91. The van der Waals surface area contributed by atoms with Gasteiger partial charge in [-0.05, 0) is 37.5 Å². The van der Waals surface area contributed by atoms with E-state index in [1.165, 1.54) is 0 Å². The second-order valence-corrected chi connectivity index (χ2v) is 7.52. The van der Waals surface area contributed by atoms with Crippen molar-refractivity contribution in [1.29, 1.82) is 0 Å². The summed E-state index contributed by atoms with van der Waals surface area (Å²) in [4.78, 5) is 2.41. The molecule has 1 saturated heterocycles. The molecule has 0 amide bonds. The number of nitrogens with two attached hydrogens (primary N) is 1. The first-order valence-corrected chi connectivity index (χ1v) is 8.42. The Labute approximate surface area is 111 Å². The van der Waals surface area contributed by atoms with E-state index >= 15 is 0 Å². The molecule has 2 heterocycles. The average Bonchev–Trinajstić information content (AvgIpc) is 2.81. The van der Waals surface area contributed by atoms with Crippen LogP contribution >= 0.6 is 11.5 Å². The molecule has 1 aromatic heterocycles. The van der Waals surface area contributed by atoms with Crippen LogP contribution in [0.25, 0.3) is 0 Å². The van der Waals surface area contributed by atoms with Gasteiger partial charge in [0.2, 0.25) is 0 Å². The number of nitrogens with zero attached hydrogens (tertiary/aromatic N) is 2. The second kappa shape index (κ2) is 5.02. The number of sulfone groups is 1. The molecule has 1 aromatic rings. The molecule has 1 aliphatic heterocycles. The summed E-state index contributed by atoms with van der Waals surface area (Å²) in [5, 5.41) is 3.73. The van der Waals surface area contributed by atoms with E-state index < -0.39 is 9.84 Å². The lowest BCUT2D eigenvalue weighted by Gasteiger charge is -2.12. The standard InChI is InChI=1S/C10H18N4O2S2/c1-14-4-3-7(6-14)5-12-10-8(18(2,15)16)9(11)13-17-10/h7,12H,3-6H2,1-2H3,(H2,11,13). The zero-order valence-electron chi connectivity index (χ0n) is 10.5. The first-order chi connectivity index (χ1) is 8.38. The Morgan fingerprint density at radius 2 is 2.33 bits per heavy atom. The largest absolute Gasteiger partial charge is 0.382 e. The Balaban J connectivity index is 2.06. The van der Waals surface area contributed by atoms with Crippen molar-refractivity contribution >= 4 is 32.2 Å². The van der Waals surface area contributed by atoms with Crippen molar-refractivity contribution in [2.75, 3.05) is 44.0 Å². The van der Waals surface area contributed by atoms with Crippen LogP contribution in [-0.2, 0) is 9.84 Å². The molecule has 1 fully saturated rings. The fraction of sp³-hybridized carbons (Fsp3) is 0.700. The van der Waals surface area contributed by atoms with Gasteiger partial charge in [0.05, 0.1) is 0 Å². The summed E-state index contributed by atoms with van der Waals surface area (Å²) in [5.41, 5.74) is 5.61. The summed E-state index contributed by atoms with van der Waals surface area (Å²) in [6.45, 7) is 2.89. The van der Waals surface area contributed by atoms with Gasteiger partial charge in [-0.1, -0.05) is 0 Å². The topological polar surface area (TPSA) is 88.3 Å². The zero-order chi connectivity index (χ0) is 13.3. The predicted octanol–water partition coefficient (Wildman–Crippen LogP) is 0.492.